The van der Waals surface area contributed by atoms with Crippen LogP contribution >= 0.6 is 0 Å². The predicted molar refractivity (Wildman–Crippen MR) is 66.9 cm³/mol. The van der Waals surface area contributed by atoms with Crippen LogP contribution in [0.2, 0.25) is 0 Å². The number of sulfonamides is 1. The summed E-state index contributed by atoms with van der Waals surface area (Å²) in [6.07, 6.45) is 1.83. The number of nitrogens with zero attached hydrogens (tertiary/aromatic N) is 1. The molecule has 0 aliphatic carbocycles. The lowest BCUT2D eigenvalue weighted by atomic mass is 9.99. The summed E-state index contributed by atoms with van der Waals surface area (Å²) >= 11 is 0. The number of rotatable bonds is 3. The van der Waals surface area contributed by atoms with Gasteiger partial charge in [-0.05, 0) is 40.5 Å². The van der Waals surface area contributed by atoms with Crippen LogP contribution in [0.5, 0.6) is 0 Å². The van der Waals surface area contributed by atoms with Crippen molar-refractivity contribution in [3.8, 4) is 0 Å². The van der Waals surface area contributed by atoms with Crippen LogP contribution in [0, 0.1) is 0 Å². The van der Waals surface area contributed by atoms with E-state index in [4.69, 9.17) is 0 Å². The molecule has 96 valence electrons. The van der Waals surface area contributed by atoms with Gasteiger partial charge in [0.1, 0.15) is 0 Å². The molecule has 1 N–H and O–H groups in total. The number of hydrogen-bond donors (Lipinski definition) is 1. The van der Waals surface area contributed by atoms with E-state index in [1.54, 1.807) is 6.92 Å². The lowest BCUT2D eigenvalue weighted by Crippen LogP contribution is -2.50. The molecule has 1 rings (SSSR count). The molecular weight excluding hydrogens is 224 g/mol. The van der Waals surface area contributed by atoms with Gasteiger partial charge in [-0.1, -0.05) is 0 Å². The number of piperidine rings is 1. The van der Waals surface area contributed by atoms with Gasteiger partial charge < -0.3 is 0 Å². The fraction of sp³-hybridized carbons (Fsp3) is 1.00. The number of nitrogens with one attached hydrogen (secondary N) is 1. The Bertz CT molecular complexity index is 311. The lowest BCUT2D eigenvalue weighted by molar-refractivity contribution is 0.100. The van der Waals surface area contributed by atoms with E-state index in [1.165, 1.54) is 0 Å². The quantitative estimate of drug-likeness (QED) is 0.816. The van der Waals surface area contributed by atoms with Crippen molar-refractivity contribution >= 4 is 10.0 Å². The van der Waals surface area contributed by atoms with Gasteiger partial charge in [0.25, 0.3) is 0 Å². The molecule has 16 heavy (non-hydrogen) atoms. The zero-order valence-electron chi connectivity index (χ0n) is 10.8. The highest BCUT2D eigenvalue weighted by atomic mass is 32.2. The van der Waals surface area contributed by atoms with Crippen LogP contribution in [0.25, 0.3) is 0 Å². The molecule has 1 aliphatic heterocycles. The topological polar surface area (TPSA) is 49.4 Å². The molecule has 0 saturated carbocycles. The molecule has 0 spiro atoms. The molecule has 0 amide bonds. The molecule has 0 aromatic heterocycles. The summed E-state index contributed by atoms with van der Waals surface area (Å²) in [5.41, 5.74) is 0.189. The summed E-state index contributed by atoms with van der Waals surface area (Å²) in [5.74, 6) is 0.173. The zero-order chi connectivity index (χ0) is 12.4. The molecule has 0 unspecified atom stereocenters. The lowest BCUT2D eigenvalue weighted by Gasteiger charge is -2.40. The maximum atomic E-state index is 11.4. The van der Waals surface area contributed by atoms with E-state index in [-0.39, 0.29) is 17.3 Å². The smallest absolute Gasteiger partial charge is 0.211 e. The van der Waals surface area contributed by atoms with Gasteiger partial charge in [-0.3, -0.25) is 4.90 Å². The van der Waals surface area contributed by atoms with Crippen LogP contribution in [0.15, 0.2) is 0 Å². The maximum Gasteiger partial charge on any atom is 0.211 e. The maximum absolute atomic E-state index is 11.4. The van der Waals surface area contributed by atoms with E-state index >= 15 is 0 Å². The van der Waals surface area contributed by atoms with Crippen molar-refractivity contribution in [3.05, 3.63) is 0 Å². The highest BCUT2D eigenvalue weighted by molar-refractivity contribution is 7.89. The third kappa shape index (κ3) is 4.03. The summed E-state index contributed by atoms with van der Waals surface area (Å²) < 4.78 is 25.6. The highest BCUT2D eigenvalue weighted by Crippen LogP contribution is 2.20. The number of hydrogen-bond acceptors (Lipinski definition) is 3. The fourth-order valence-corrected chi connectivity index (χ4v) is 2.92. The van der Waals surface area contributed by atoms with Crippen molar-refractivity contribution in [2.24, 2.45) is 0 Å². The second-order valence-electron chi connectivity index (χ2n) is 5.45. The minimum absolute atomic E-state index is 0.128. The molecule has 0 atom stereocenters. The Labute approximate surface area is 99.5 Å². The molecular formula is C11H24N2O2S. The van der Waals surface area contributed by atoms with E-state index < -0.39 is 10.0 Å². The Morgan fingerprint density at radius 3 is 2.12 bits per heavy atom. The second-order valence-corrected chi connectivity index (χ2v) is 7.50. The molecule has 0 radical (unpaired) electrons. The summed E-state index contributed by atoms with van der Waals surface area (Å²) in [6.45, 7) is 10.2. The summed E-state index contributed by atoms with van der Waals surface area (Å²) in [5, 5.41) is 0. The summed E-state index contributed by atoms with van der Waals surface area (Å²) in [6, 6.07) is 0.128. The molecule has 1 heterocycles. The Balaban J connectivity index is 2.44. The molecule has 1 aliphatic rings. The first-order chi connectivity index (χ1) is 7.24. The molecule has 1 fully saturated rings. The molecule has 0 bridgehead atoms. The van der Waals surface area contributed by atoms with Crippen LogP contribution in [-0.2, 0) is 10.0 Å². The predicted octanol–water partition coefficient (Wildman–Crippen LogP) is 1.19. The minimum Gasteiger partial charge on any atom is -0.298 e. The first kappa shape index (κ1) is 13.9. The van der Waals surface area contributed by atoms with Crippen LogP contribution in [0.1, 0.15) is 40.5 Å². The van der Waals surface area contributed by atoms with Crippen LogP contribution < -0.4 is 4.72 Å². The Morgan fingerprint density at radius 2 is 1.75 bits per heavy atom. The van der Waals surface area contributed by atoms with Gasteiger partial charge in [0.15, 0.2) is 0 Å². The van der Waals surface area contributed by atoms with Gasteiger partial charge in [0.05, 0.1) is 5.75 Å². The third-order valence-corrected chi connectivity index (χ3v) is 4.62. The molecule has 0 aromatic carbocycles. The van der Waals surface area contributed by atoms with Gasteiger partial charge in [-0.15, -0.1) is 0 Å². The zero-order valence-corrected chi connectivity index (χ0v) is 11.6. The van der Waals surface area contributed by atoms with Crippen LogP contribution in [0.4, 0.5) is 0 Å². The number of likely N-dealkylation sites (tertiary alicyclic amines) is 1. The van der Waals surface area contributed by atoms with Crippen molar-refractivity contribution < 1.29 is 8.42 Å². The first-order valence-electron chi connectivity index (χ1n) is 5.99. The molecule has 1 saturated heterocycles. The van der Waals surface area contributed by atoms with Crippen molar-refractivity contribution in [3.63, 3.8) is 0 Å². The van der Waals surface area contributed by atoms with Gasteiger partial charge in [0, 0.05) is 24.7 Å². The van der Waals surface area contributed by atoms with E-state index in [2.05, 4.69) is 30.4 Å². The second kappa shape index (κ2) is 5.02. The van der Waals surface area contributed by atoms with Gasteiger partial charge in [0.2, 0.25) is 10.0 Å². The summed E-state index contributed by atoms with van der Waals surface area (Å²) in [7, 11) is -3.04. The Hall–Kier alpha value is -0.130. The average Bonchev–Trinajstić information content (AvgIpc) is 2.16. The minimum atomic E-state index is -3.04. The van der Waals surface area contributed by atoms with E-state index in [1.807, 2.05) is 0 Å². The highest BCUT2D eigenvalue weighted by Gasteiger charge is 2.28. The normalized spacial score (nSPS) is 21.2. The van der Waals surface area contributed by atoms with Gasteiger partial charge >= 0.3 is 0 Å². The standard InChI is InChI=1S/C11H24N2O2S/c1-5-16(14,15)12-10-6-8-13(9-7-10)11(2,3)4/h10,12H,5-9H2,1-4H3. The van der Waals surface area contributed by atoms with Gasteiger partial charge in [-0.2, -0.15) is 0 Å². The van der Waals surface area contributed by atoms with Crippen LogP contribution in [0.3, 0.4) is 0 Å². The van der Waals surface area contributed by atoms with E-state index in [0.717, 1.165) is 25.9 Å². The van der Waals surface area contributed by atoms with Crippen molar-refractivity contribution in [2.45, 2.75) is 52.1 Å². The first-order valence-corrected chi connectivity index (χ1v) is 7.65. The molecule has 0 aromatic rings. The third-order valence-electron chi connectivity index (χ3n) is 3.17. The average molecular weight is 248 g/mol. The van der Waals surface area contributed by atoms with Crippen molar-refractivity contribution in [1.29, 1.82) is 0 Å². The molecule has 4 nitrogen and oxygen atoms in total. The molecule has 5 heteroatoms. The Morgan fingerprint density at radius 1 is 1.25 bits per heavy atom. The largest absolute Gasteiger partial charge is 0.298 e. The monoisotopic (exact) mass is 248 g/mol. The Kier molecular flexibility index (Phi) is 4.37. The van der Waals surface area contributed by atoms with E-state index in [0.29, 0.717) is 0 Å². The van der Waals surface area contributed by atoms with Crippen molar-refractivity contribution in [2.75, 3.05) is 18.8 Å². The van der Waals surface area contributed by atoms with E-state index in [9.17, 15) is 8.42 Å². The summed E-state index contributed by atoms with van der Waals surface area (Å²) in [4.78, 5) is 2.41. The fourth-order valence-electron chi connectivity index (χ4n) is 2.01. The van der Waals surface area contributed by atoms with Crippen LogP contribution in [-0.4, -0.2) is 43.7 Å². The SMILES string of the molecule is CCS(=O)(=O)NC1CCN(C(C)(C)C)CC1. The van der Waals surface area contributed by atoms with Crippen molar-refractivity contribution in [1.82, 2.24) is 9.62 Å². The van der Waals surface area contributed by atoms with Gasteiger partial charge in [-0.25, -0.2) is 13.1 Å².